The van der Waals surface area contributed by atoms with Crippen molar-refractivity contribution in [2.75, 3.05) is 24.5 Å². The van der Waals surface area contributed by atoms with Crippen molar-refractivity contribution in [2.24, 2.45) is 5.92 Å². The highest BCUT2D eigenvalue weighted by atomic mass is 19.1. The molecule has 2 rings (SSSR count). The lowest BCUT2D eigenvalue weighted by atomic mass is 10.1. The van der Waals surface area contributed by atoms with Crippen molar-refractivity contribution >= 4 is 11.6 Å². The molecule has 1 aliphatic heterocycles. The standard InChI is InChI=1S/C14H17FN2O/c1-2-14(18)16-9-11-7-8-17(10-11)13-6-4-3-5-12(13)15/h2-6,11H,1,7-10H2,(H,16,18). The summed E-state index contributed by atoms with van der Waals surface area (Å²) in [6.07, 6.45) is 2.23. The smallest absolute Gasteiger partial charge is 0.243 e. The van der Waals surface area contributed by atoms with Gasteiger partial charge in [0.1, 0.15) is 5.82 Å². The van der Waals surface area contributed by atoms with Crippen LogP contribution in [-0.4, -0.2) is 25.5 Å². The number of benzene rings is 1. The number of halogens is 1. The molecule has 0 spiro atoms. The first-order chi connectivity index (χ1) is 8.70. The van der Waals surface area contributed by atoms with Gasteiger partial charge in [0, 0.05) is 19.6 Å². The normalized spacial score (nSPS) is 18.7. The van der Waals surface area contributed by atoms with Crippen molar-refractivity contribution in [3.8, 4) is 0 Å². The lowest BCUT2D eigenvalue weighted by Gasteiger charge is -2.19. The van der Waals surface area contributed by atoms with E-state index in [4.69, 9.17) is 0 Å². The summed E-state index contributed by atoms with van der Waals surface area (Å²) in [4.78, 5) is 13.1. The monoisotopic (exact) mass is 248 g/mol. The van der Waals surface area contributed by atoms with Gasteiger partial charge in [-0.1, -0.05) is 18.7 Å². The Kier molecular flexibility index (Phi) is 3.97. The van der Waals surface area contributed by atoms with Crippen LogP contribution in [0.25, 0.3) is 0 Å². The van der Waals surface area contributed by atoms with Crippen LogP contribution in [0.1, 0.15) is 6.42 Å². The van der Waals surface area contributed by atoms with E-state index in [0.29, 0.717) is 18.2 Å². The summed E-state index contributed by atoms with van der Waals surface area (Å²) in [6.45, 7) is 5.63. The van der Waals surface area contributed by atoms with Gasteiger partial charge in [0.05, 0.1) is 5.69 Å². The van der Waals surface area contributed by atoms with E-state index in [2.05, 4.69) is 11.9 Å². The van der Waals surface area contributed by atoms with E-state index >= 15 is 0 Å². The first-order valence-electron chi connectivity index (χ1n) is 6.10. The van der Waals surface area contributed by atoms with E-state index in [-0.39, 0.29) is 11.7 Å². The van der Waals surface area contributed by atoms with Crippen LogP contribution in [0.4, 0.5) is 10.1 Å². The van der Waals surface area contributed by atoms with Gasteiger partial charge in [-0.15, -0.1) is 0 Å². The Morgan fingerprint density at radius 1 is 1.56 bits per heavy atom. The van der Waals surface area contributed by atoms with Gasteiger partial charge in [0.25, 0.3) is 0 Å². The minimum atomic E-state index is -0.187. The zero-order chi connectivity index (χ0) is 13.0. The molecule has 1 heterocycles. The molecule has 4 heteroatoms. The van der Waals surface area contributed by atoms with Crippen molar-refractivity contribution in [1.82, 2.24) is 5.32 Å². The number of para-hydroxylation sites is 1. The molecule has 1 amide bonds. The zero-order valence-corrected chi connectivity index (χ0v) is 10.2. The summed E-state index contributed by atoms with van der Waals surface area (Å²) in [6, 6.07) is 6.80. The Morgan fingerprint density at radius 3 is 3.06 bits per heavy atom. The van der Waals surface area contributed by atoms with E-state index < -0.39 is 0 Å². The van der Waals surface area contributed by atoms with E-state index in [1.165, 1.54) is 12.1 Å². The van der Waals surface area contributed by atoms with E-state index in [0.717, 1.165) is 19.5 Å². The second kappa shape index (κ2) is 5.67. The van der Waals surface area contributed by atoms with Crippen LogP contribution in [0.15, 0.2) is 36.9 Å². The van der Waals surface area contributed by atoms with Gasteiger partial charge in [-0.25, -0.2) is 4.39 Å². The highest BCUT2D eigenvalue weighted by Gasteiger charge is 2.24. The first-order valence-corrected chi connectivity index (χ1v) is 6.10. The molecule has 96 valence electrons. The fourth-order valence-electron chi connectivity index (χ4n) is 2.24. The van der Waals surface area contributed by atoms with Crippen LogP contribution in [-0.2, 0) is 4.79 Å². The molecule has 1 aliphatic rings. The second-order valence-electron chi connectivity index (χ2n) is 4.50. The molecule has 1 N–H and O–H groups in total. The molecule has 0 bridgehead atoms. The number of nitrogens with zero attached hydrogens (tertiary/aromatic N) is 1. The molecule has 0 aliphatic carbocycles. The average Bonchev–Trinajstić information content (AvgIpc) is 2.85. The number of carbonyl (C=O) groups is 1. The van der Waals surface area contributed by atoms with E-state index in [9.17, 15) is 9.18 Å². The molecule has 1 atom stereocenters. The lowest BCUT2D eigenvalue weighted by molar-refractivity contribution is -0.116. The molecule has 0 radical (unpaired) electrons. The molecule has 0 saturated carbocycles. The summed E-state index contributed by atoms with van der Waals surface area (Å²) in [5.74, 6) is 0.0288. The maximum absolute atomic E-state index is 13.6. The largest absolute Gasteiger partial charge is 0.369 e. The van der Waals surface area contributed by atoms with Crippen LogP contribution in [0.5, 0.6) is 0 Å². The Morgan fingerprint density at radius 2 is 2.33 bits per heavy atom. The van der Waals surface area contributed by atoms with Crippen molar-refractivity contribution in [3.05, 3.63) is 42.7 Å². The highest BCUT2D eigenvalue weighted by Crippen LogP contribution is 2.25. The zero-order valence-electron chi connectivity index (χ0n) is 10.2. The van der Waals surface area contributed by atoms with Crippen LogP contribution >= 0.6 is 0 Å². The van der Waals surface area contributed by atoms with Gasteiger partial charge >= 0.3 is 0 Å². The maximum atomic E-state index is 13.6. The molecule has 18 heavy (non-hydrogen) atoms. The summed E-state index contributed by atoms with van der Waals surface area (Å²) >= 11 is 0. The van der Waals surface area contributed by atoms with Gasteiger partial charge in [-0.2, -0.15) is 0 Å². The number of nitrogens with one attached hydrogen (secondary N) is 1. The van der Waals surface area contributed by atoms with Crippen LogP contribution < -0.4 is 10.2 Å². The summed E-state index contributed by atoms with van der Waals surface area (Å²) in [5.41, 5.74) is 0.648. The predicted molar refractivity (Wildman–Crippen MR) is 69.9 cm³/mol. The molecule has 1 aromatic carbocycles. The third-order valence-corrected chi connectivity index (χ3v) is 3.23. The van der Waals surface area contributed by atoms with Gasteiger partial charge in [0.15, 0.2) is 0 Å². The Balaban J connectivity index is 1.90. The van der Waals surface area contributed by atoms with E-state index in [1.807, 2.05) is 11.0 Å². The average molecular weight is 248 g/mol. The Bertz CT molecular complexity index is 447. The van der Waals surface area contributed by atoms with Crippen molar-refractivity contribution in [3.63, 3.8) is 0 Å². The molecule has 1 unspecified atom stereocenters. The molecule has 0 aromatic heterocycles. The molecule has 1 aromatic rings. The molecule has 1 saturated heterocycles. The Hall–Kier alpha value is -1.84. The van der Waals surface area contributed by atoms with Gasteiger partial charge < -0.3 is 10.2 Å². The van der Waals surface area contributed by atoms with Gasteiger partial charge in [-0.3, -0.25) is 4.79 Å². The number of hydrogen-bond acceptors (Lipinski definition) is 2. The molecule has 1 fully saturated rings. The number of carbonyl (C=O) groups excluding carboxylic acids is 1. The fraction of sp³-hybridized carbons (Fsp3) is 0.357. The number of amides is 1. The lowest BCUT2D eigenvalue weighted by Crippen LogP contribution is -2.29. The third-order valence-electron chi connectivity index (χ3n) is 3.23. The van der Waals surface area contributed by atoms with Crippen molar-refractivity contribution in [2.45, 2.75) is 6.42 Å². The summed E-state index contributed by atoms with van der Waals surface area (Å²) < 4.78 is 13.6. The highest BCUT2D eigenvalue weighted by molar-refractivity contribution is 5.86. The van der Waals surface area contributed by atoms with Crippen molar-refractivity contribution < 1.29 is 9.18 Å². The fourth-order valence-corrected chi connectivity index (χ4v) is 2.24. The third kappa shape index (κ3) is 2.88. The number of rotatable bonds is 4. The quantitative estimate of drug-likeness (QED) is 0.826. The predicted octanol–water partition coefficient (Wildman–Crippen LogP) is 1.95. The molecular weight excluding hydrogens is 231 g/mol. The van der Waals surface area contributed by atoms with Crippen LogP contribution in [0, 0.1) is 11.7 Å². The number of anilines is 1. The second-order valence-corrected chi connectivity index (χ2v) is 4.50. The Labute approximate surface area is 106 Å². The summed E-state index contributed by atoms with van der Waals surface area (Å²) in [5, 5.41) is 2.78. The van der Waals surface area contributed by atoms with Gasteiger partial charge in [0.2, 0.25) is 5.91 Å². The minimum Gasteiger partial charge on any atom is -0.369 e. The number of hydrogen-bond donors (Lipinski definition) is 1. The molecule has 3 nitrogen and oxygen atoms in total. The topological polar surface area (TPSA) is 32.3 Å². The first kappa shape index (κ1) is 12.6. The molecular formula is C14H17FN2O. The SMILES string of the molecule is C=CC(=O)NCC1CCN(c2ccccc2F)C1. The van der Waals surface area contributed by atoms with Crippen molar-refractivity contribution in [1.29, 1.82) is 0 Å². The van der Waals surface area contributed by atoms with Crippen LogP contribution in [0.3, 0.4) is 0 Å². The minimum absolute atomic E-state index is 0.153. The van der Waals surface area contributed by atoms with Gasteiger partial charge in [-0.05, 0) is 30.5 Å². The van der Waals surface area contributed by atoms with E-state index in [1.54, 1.807) is 12.1 Å². The summed E-state index contributed by atoms with van der Waals surface area (Å²) in [7, 11) is 0. The maximum Gasteiger partial charge on any atom is 0.243 e. The van der Waals surface area contributed by atoms with Crippen LogP contribution in [0.2, 0.25) is 0 Å².